The Hall–Kier alpha value is -0.590. The van der Waals surface area contributed by atoms with Crippen LogP contribution in [0.2, 0.25) is 0 Å². The second-order valence-electron chi connectivity index (χ2n) is 4.16. The summed E-state index contributed by atoms with van der Waals surface area (Å²) in [4.78, 5) is 0. The molecule has 0 aliphatic heterocycles. The lowest BCUT2D eigenvalue weighted by molar-refractivity contribution is 0.287. The van der Waals surface area contributed by atoms with Crippen LogP contribution < -0.4 is 0 Å². The summed E-state index contributed by atoms with van der Waals surface area (Å²) < 4.78 is 13.1. The second-order valence-corrected chi connectivity index (χ2v) is 4.16. The minimum absolute atomic E-state index is 0.471. The van der Waals surface area contributed by atoms with E-state index in [0.29, 0.717) is 5.92 Å². The van der Waals surface area contributed by atoms with Gasteiger partial charge in [-0.2, -0.15) is 0 Å². The first kappa shape index (κ1) is 12.4. The first-order chi connectivity index (χ1) is 5.87. The van der Waals surface area contributed by atoms with E-state index >= 15 is 0 Å². The van der Waals surface area contributed by atoms with E-state index in [-0.39, 0.29) is 0 Å². The van der Waals surface area contributed by atoms with Gasteiger partial charge in [0.15, 0.2) is 0 Å². The van der Waals surface area contributed by atoms with Crippen molar-refractivity contribution < 1.29 is 4.39 Å². The Morgan fingerprint density at radius 1 is 1.38 bits per heavy atom. The Morgan fingerprint density at radius 3 is 2.23 bits per heavy atom. The van der Waals surface area contributed by atoms with Crippen LogP contribution >= 0.6 is 0 Å². The Balaban J connectivity index is 4.45. The third kappa shape index (κ3) is 6.56. The molecule has 0 aliphatic rings. The molecule has 0 radical (unpaired) electrons. The van der Waals surface area contributed by atoms with Crippen molar-refractivity contribution in [3.63, 3.8) is 0 Å². The summed E-state index contributed by atoms with van der Waals surface area (Å²) in [5.41, 5.74) is 0.00932. The van der Waals surface area contributed by atoms with Crippen LogP contribution in [0.15, 0.2) is 23.8 Å². The summed E-state index contributed by atoms with van der Waals surface area (Å²) in [6.45, 7) is 9.46. The van der Waals surface area contributed by atoms with Crippen LogP contribution in [0, 0.1) is 5.92 Å². The van der Waals surface area contributed by atoms with Gasteiger partial charge in [-0.15, -0.1) is 0 Å². The third-order valence-corrected chi connectivity index (χ3v) is 1.78. The number of halogens is 1. The predicted octanol–water partition coefficient (Wildman–Crippen LogP) is 4.28. The molecule has 0 nitrogen and oxygen atoms in total. The zero-order valence-electron chi connectivity index (χ0n) is 9.39. The molecule has 0 unspecified atom stereocenters. The molecule has 0 saturated heterocycles. The maximum Gasteiger partial charge on any atom is 0.123 e. The van der Waals surface area contributed by atoms with Gasteiger partial charge in [0.25, 0.3) is 0 Å². The van der Waals surface area contributed by atoms with Gasteiger partial charge in [-0.1, -0.05) is 32.9 Å². The minimum atomic E-state index is -1.21. The molecule has 0 amide bonds. The number of alkyl halides is 1. The smallest absolute Gasteiger partial charge is 0.123 e. The van der Waals surface area contributed by atoms with Crippen molar-refractivity contribution in [3.05, 3.63) is 23.8 Å². The van der Waals surface area contributed by atoms with Crippen LogP contribution in [0.4, 0.5) is 4.39 Å². The fraction of sp³-hybridized carbons (Fsp3) is 0.667. The molecule has 0 aromatic heterocycles. The Kier molecular flexibility index (Phi) is 4.97. The lowest BCUT2D eigenvalue weighted by atomic mass is 9.99. The molecule has 1 heteroatoms. The van der Waals surface area contributed by atoms with Crippen molar-refractivity contribution in [1.82, 2.24) is 0 Å². The maximum absolute atomic E-state index is 13.1. The molecular weight excluding hydrogens is 163 g/mol. The molecule has 0 aliphatic carbocycles. The molecule has 0 spiro atoms. The van der Waals surface area contributed by atoms with Gasteiger partial charge >= 0.3 is 0 Å². The molecule has 0 aromatic rings. The van der Waals surface area contributed by atoms with Gasteiger partial charge in [-0.05, 0) is 37.8 Å². The lowest BCUT2D eigenvalue weighted by Crippen LogP contribution is -2.06. The minimum Gasteiger partial charge on any atom is -0.240 e. The van der Waals surface area contributed by atoms with Gasteiger partial charge in [0, 0.05) is 0 Å². The highest BCUT2D eigenvalue weighted by Gasteiger charge is 2.09. The van der Waals surface area contributed by atoms with Crippen LogP contribution in [0.25, 0.3) is 0 Å². The number of allylic oxidation sites excluding steroid dienone is 4. The average molecular weight is 184 g/mol. The van der Waals surface area contributed by atoms with Crippen molar-refractivity contribution >= 4 is 0 Å². The van der Waals surface area contributed by atoms with Crippen LogP contribution in [-0.4, -0.2) is 5.67 Å². The quantitative estimate of drug-likeness (QED) is 0.572. The summed E-state index contributed by atoms with van der Waals surface area (Å²) >= 11 is 0. The van der Waals surface area contributed by atoms with Crippen LogP contribution in [0.3, 0.4) is 0 Å². The Bertz CT molecular complexity index is 192. The SMILES string of the molecule is CC/C=C(/C=C\C(C)(C)F)C(C)C. The van der Waals surface area contributed by atoms with Crippen LogP contribution in [-0.2, 0) is 0 Å². The summed E-state index contributed by atoms with van der Waals surface area (Å²) in [5.74, 6) is 0.471. The monoisotopic (exact) mass is 184 g/mol. The summed E-state index contributed by atoms with van der Waals surface area (Å²) in [7, 11) is 0. The van der Waals surface area contributed by atoms with Crippen LogP contribution in [0.5, 0.6) is 0 Å². The highest BCUT2D eigenvalue weighted by atomic mass is 19.1. The molecule has 0 atom stereocenters. The number of hydrogen-bond acceptors (Lipinski definition) is 0. The van der Waals surface area contributed by atoms with Gasteiger partial charge in [0.2, 0.25) is 0 Å². The van der Waals surface area contributed by atoms with E-state index in [1.54, 1.807) is 19.9 Å². The van der Waals surface area contributed by atoms with Crippen molar-refractivity contribution in [1.29, 1.82) is 0 Å². The molecule has 0 rings (SSSR count). The largest absolute Gasteiger partial charge is 0.240 e. The third-order valence-electron chi connectivity index (χ3n) is 1.78. The van der Waals surface area contributed by atoms with Gasteiger partial charge in [-0.25, -0.2) is 4.39 Å². The van der Waals surface area contributed by atoms with E-state index in [1.165, 1.54) is 5.57 Å². The van der Waals surface area contributed by atoms with Gasteiger partial charge in [0.05, 0.1) is 0 Å². The Morgan fingerprint density at radius 2 is 1.92 bits per heavy atom. The van der Waals surface area contributed by atoms with E-state index in [2.05, 4.69) is 26.8 Å². The highest BCUT2D eigenvalue weighted by Crippen LogP contribution is 2.16. The van der Waals surface area contributed by atoms with Crippen molar-refractivity contribution in [2.24, 2.45) is 5.92 Å². The van der Waals surface area contributed by atoms with E-state index < -0.39 is 5.67 Å². The molecule has 0 fully saturated rings. The predicted molar refractivity (Wildman–Crippen MR) is 57.5 cm³/mol. The number of rotatable bonds is 4. The highest BCUT2D eigenvalue weighted by molar-refractivity contribution is 5.22. The first-order valence-corrected chi connectivity index (χ1v) is 4.95. The fourth-order valence-electron chi connectivity index (χ4n) is 1.03. The molecule has 0 N–H and O–H groups in total. The number of hydrogen-bond donors (Lipinski definition) is 0. The molecule has 0 saturated carbocycles. The van der Waals surface area contributed by atoms with E-state index in [4.69, 9.17) is 0 Å². The normalized spacial score (nSPS) is 14.5. The maximum atomic E-state index is 13.1. The molecular formula is C12H21F. The fourth-order valence-corrected chi connectivity index (χ4v) is 1.03. The van der Waals surface area contributed by atoms with Gasteiger partial charge in [0.1, 0.15) is 5.67 Å². The summed E-state index contributed by atoms with van der Waals surface area (Å²) in [6, 6.07) is 0. The van der Waals surface area contributed by atoms with E-state index in [0.717, 1.165) is 6.42 Å². The molecule has 0 bridgehead atoms. The summed E-state index contributed by atoms with van der Waals surface area (Å²) in [5, 5.41) is 0. The lowest BCUT2D eigenvalue weighted by Gasteiger charge is -2.10. The van der Waals surface area contributed by atoms with Crippen LogP contribution in [0.1, 0.15) is 41.0 Å². The van der Waals surface area contributed by atoms with Gasteiger partial charge in [-0.3, -0.25) is 0 Å². The van der Waals surface area contributed by atoms with Crippen molar-refractivity contribution in [2.45, 2.75) is 46.7 Å². The first-order valence-electron chi connectivity index (χ1n) is 4.95. The zero-order valence-corrected chi connectivity index (χ0v) is 9.39. The van der Waals surface area contributed by atoms with Crippen molar-refractivity contribution in [2.75, 3.05) is 0 Å². The molecule has 0 heterocycles. The average Bonchev–Trinajstić information content (AvgIpc) is 1.95. The molecule has 0 aromatic carbocycles. The molecule has 13 heavy (non-hydrogen) atoms. The zero-order chi connectivity index (χ0) is 10.5. The standard InChI is InChI=1S/C12H21F/c1-6-7-11(10(2)3)8-9-12(4,5)13/h7-10H,6H2,1-5H3/b9-8-,11-7-. The topological polar surface area (TPSA) is 0 Å². The van der Waals surface area contributed by atoms with Gasteiger partial charge < -0.3 is 0 Å². The Labute approximate surface area is 81.5 Å². The second kappa shape index (κ2) is 5.21. The van der Waals surface area contributed by atoms with E-state index in [1.807, 2.05) is 6.08 Å². The van der Waals surface area contributed by atoms with E-state index in [9.17, 15) is 4.39 Å². The molecule has 76 valence electrons. The summed E-state index contributed by atoms with van der Waals surface area (Å²) in [6.07, 6.45) is 6.67. The van der Waals surface area contributed by atoms with Crippen molar-refractivity contribution in [3.8, 4) is 0 Å².